The van der Waals surface area contributed by atoms with E-state index in [4.69, 9.17) is 23.2 Å². The van der Waals surface area contributed by atoms with E-state index in [-0.39, 0.29) is 18.2 Å². The SMILES string of the molecule is Cc1nn(Cc2ccc(Cl)cc2Cl)c2sc(C(=O)NCCN3CCCS3(=O)=O)cc12. The predicted octanol–water partition coefficient (Wildman–Crippen LogP) is 3.53. The maximum absolute atomic E-state index is 12.6. The lowest BCUT2D eigenvalue weighted by Gasteiger charge is -2.14. The highest BCUT2D eigenvalue weighted by molar-refractivity contribution is 7.89. The van der Waals surface area contributed by atoms with Crippen molar-refractivity contribution in [3.8, 4) is 0 Å². The number of nitrogens with zero attached hydrogens (tertiary/aromatic N) is 3. The van der Waals surface area contributed by atoms with Crippen molar-refractivity contribution in [3.63, 3.8) is 0 Å². The third-order valence-electron chi connectivity index (χ3n) is 5.02. The van der Waals surface area contributed by atoms with Crippen LogP contribution < -0.4 is 5.32 Å². The molecule has 1 N–H and O–H groups in total. The average Bonchev–Trinajstić information content (AvgIpc) is 3.33. The number of thiophene rings is 1. The molecule has 0 unspecified atom stereocenters. The average molecular weight is 487 g/mol. The largest absolute Gasteiger partial charge is 0.350 e. The van der Waals surface area contributed by atoms with Crippen LogP contribution in [-0.4, -0.2) is 53.8 Å². The number of rotatable bonds is 6. The molecule has 0 bridgehead atoms. The fourth-order valence-corrected chi connectivity index (χ4v) is 6.54. The first-order valence-corrected chi connectivity index (χ1v) is 12.6. The van der Waals surface area contributed by atoms with Gasteiger partial charge in [0.2, 0.25) is 10.0 Å². The van der Waals surface area contributed by atoms with Gasteiger partial charge in [0.15, 0.2) is 0 Å². The van der Waals surface area contributed by atoms with Crippen LogP contribution >= 0.6 is 34.5 Å². The van der Waals surface area contributed by atoms with E-state index in [1.54, 1.807) is 12.1 Å². The molecule has 3 heterocycles. The van der Waals surface area contributed by atoms with Gasteiger partial charge in [0.1, 0.15) is 4.83 Å². The molecule has 1 aromatic carbocycles. The number of carbonyl (C=O) groups excluding carboxylic acids is 1. The normalized spacial score (nSPS) is 16.4. The highest BCUT2D eigenvalue weighted by Crippen LogP contribution is 2.30. The number of sulfonamides is 1. The Bertz CT molecular complexity index is 1220. The first kappa shape index (κ1) is 21.6. The Morgan fingerprint density at radius 2 is 2.10 bits per heavy atom. The zero-order valence-electron chi connectivity index (χ0n) is 16.2. The van der Waals surface area contributed by atoms with Gasteiger partial charge in [-0.1, -0.05) is 29.3 Å². The number of aryl methyl sites for hydroxylation is 1. The lowest BCUT2D eigenvalue weighted by Crippen LogP contribution is -2.35. The van der Waals surface area contributed by atoms with E-state index in [2.05, 4.69) is 10.4 Å². The quantitative estimate of drug-likeness (QED) is 0.577. The van der Waals surface area contributed by atoms with Crippen LogP contribution in [0.1, 0.15) is 27.3 Å². The number of hydrogen-bond acceptors (Lipinski definition) is 5. The molecule has 30 heavy (non-hydrogen) atoms. The smallest absolute Gasteiger partial charge is 0.261 e. The van der Waals surface area contributed by atoms with E-state index < -0.39 is 10.0 Å². The molecule has 1 aliphatic heterocycles. The minimum absolute atomic E-state index is 0.185. The molecule has 0 atom stereocenters. The van der Waals surface area contributed by atoms with Crippen molar-refractivity contribution in [2.45, 2.75) is 19.9 Å². The van der Waals surface area contributed by atoms with Crippen LogP contribution in [0.4, 0.5) is 0 Å². The van der Waals surface area contributed by atoms with Crippen LogP contribution in [0, 0.1) is 6.92 Å². The van der Waals surface area contributed by atoms with Crippen molar-refractivity contribution in [2.24, 2.45) is 0 Å². The summed E-state index contributed by atoms with van der Waals surface area (Å²) >= 11 is 13.6. The number of halogens is 2. The van der Waals surface area contributed by atoms with Crippen molar-refractivity contribution in [3.05, 3.63) is 50.4 Å². The Hall–Kier alpha value is -1.65. The van der Waals surface area contributed by atoms with Crippen LogP contribution in [0.2, 0.25) is 10.0 Å². The van der Waals surface area contributed by atoms with Gasteiger partial charge in [-0.05, 0) is 37.1 Å². The van der Waals surface area contributed by atoms with E-state index >= 15 is 0 Å². The van der Waals surface area contributed by atoms with Gasteiger partial charge in [0.05, 0.1) is 22.9 Å². The summed E-state index contributed by atoms with van der Waals surface area (Å²) in [5, 5.41) is 9.44. The van der Waals surface area contributed by atoms with Gasteiger partial charge < -0.3 is 5.32 Å². The van der Waals surface area contributed by atoms with Crippen molar-refractivity contribution < 1.29 is 13.2 Å². The second-order valence-corrected chi connectivity index (χ2v) is 11.1. The van der Waals surface area contributed by atoms with E-state index in [1.165, 1.54) is 15.6 Å². The van der Waals surface area contributed by atoms with E-state index in [1.807, 2.05) is 23.7 Å². The lowest BCUT2D eigenvalue weighted by atomic mass is 10.2. The first-order chi connectivity index (χ1) is 14.2. The highest BCUT2D eigenvalue weighted by Gasteiger charge is 2.27. The van der Waals surface area contributed by atoms with Gasteiger partial charge in [-0.3, -0.25) is 9.48 Å². The summed E-state index contributed by atoms with van der Waals surface area (Å²) < 4.78 is 27.0. The number of fused-ring (bicyclic) bond motifs is 1. The maximum atomic E-state index is 12.6. The molecule has 160 valence electrons. The minimum Gasteiger partial charge on any atom is -0.350 e. The summed E-state index contributed by atoms with van der Waals surface area (Å²) in [6.07, 6.45) is 0.639. The Labute approximate surface area is 188 Å². The van der Waals surface area contributed by atoms with Gasteiger partial charge in [-0.25, -0.2) is 12.7 Å². The Morgan fingerprint density at radius 3 is 2.80 bits per heavy atom. The fourth-order valence-electron chi connectivity index (χ4n) is 3.47. The topological polar surface area (TPSA) is 84.3 Å². The van der Waals surface area contributed by atoms with E-state index in [0.29, 0.717) is 41.0 Å². The Morgan fingerprint density at radius 1 is 1.30 bits per heavy atom. The van der Waals surface area contributed by atoms with Crippen LogP contribution in [-0.2, 0) is 16.6 Å². The molecule has 0 radical (unpaired) electrons. The molecule has 2 aromatic heterocycles. The third kappa shape index (κ3) is 4.36. The molecule has 7 nitrogen and oxygen atoms in total. The summed E-state index contributed by atoms with van der Waals surface area (Å²) in [6.45, 7) is 3.45. The Balaban J connectivity index is 1.48. The number of aromatic nitrogens is 2. The molecular formula is C19H20Cl2N4O3S2. The van der Waals surface area contributed by atoms with E-state index in [0.717, 1.165) is 21.5 Å². The van der Waals surface area contributed by atoms with Crippen molar-refractivity contribution in [2.75, 3.05) is 25.4 Å². The van der Waals surface area contributed by atoms with Gasteiger partial charge in [0.25, 0.3) is 5.91 Å². The second kappa shape index (κ2) is 8.47. The number of amides is 1. The number of nitrogens with one attached hydrogen (secondary N) is 1. The van der Waals surface area contributed by atoms with Crippen LogP contribution in [0.25, 0.3) is 10.2 Å². The van der Waals surface area contributed by atoms with Crippen molar-refractivity contribution in [1.82, 2.24) is 19.4 Å². The number of carbonyl (C=O) groups is 1. The molecule has 3 aromatic rings. The number of benzene rings is 1. The van der Waals surface area contributed by atoms with E-state index in [9.17, 15) is 13.2 Å². The predicted molar refractivity (Wildman–Crippen MR) is 120 cm³/mol. The monoisotopic (exact) mass is 486 g/mol. The zero-order chi connectivity index (χ0) is 21.5. The molecule has 0 saturated carbocycles. The van der Waals surface area contributed by atoms with Crippen LogP contribution in [0.3, 0.4) is 0 Å². The summed E-state index contributed by atoms with van der Waals surface area (Å²) in [7, 11) is -3.15. The second-order valence-electron chi connectivity index (χ2n) is 7.13. The summed E-state index contributed by atoms with van der Waals surface area (Å²) in [5.74, 6) is -0.0340. The van der Waals surface area contributed by atoms with Crippen molar-refractivity contribution in [1.29, 1.82) is 0 Å². The van der Waals surface area contributed by atoms with Crippen LogP contribution in [0.15, 0.2) is 24.3 Å². The summed E-state index contributed by atoms with van der Waals surface area (Å²) in [6, 6.07) is 7.16. The molecule has 1 fully saturated rings. The third-order valence-corrected chi connectivity index (χ3v) is 8.71. The molecule has 11 heteroatoms. The zero-order valence-corrected chi connectivity index (χ0v) is 19.3. The summed E-state index contributed by atoms with van der Waals surface area (Å²) in [4.78, 5) is 14.0. The standard InChI is InChI=1S/C19H20Cl2N4O3S2/c1-12-15-10-17(18(26)22-5-7-24-6-2-8-30(24,27)28)29-19(15)25(23-12)11-13-3-4-14(20)9-16(13)21/h3-4,9-10H,2,5-8,11H2,1H3,(H,22,26). The molecule has 1 saturated heterocycles. The fraction of sp³-hybridized carbons (Fsp3) is 0.368. The molecule has 1 amide bonds. The lowest BCUT2D eigenvalue weighted by molar-refractivity contribution is 0.0956. The highest BCUT2D eigenvalue weighted by atomic mass is 35.5. The first-order valence-electron chi connectivity index (χ1n) is 9.41. The molecule has 0 aliphatic carbocycles. The molecule has 0 spiro atoms. The maximum Gasteiger partial charge on any atom is 0.261 e. The molecule has 1 aliphatic rings. The minimum atomic E-state index is -3.15. The Kier molecular flexibility index (Phi) is 6.09. The van der Waals surface area contributed by atoms with Gasteiger partial charge in [-0.2, -0.15) is 5.10 Å². The van der Waals surface area contributed by atoms with Crippen molar-refractivity contribution >= 4 is 60.7 Å². The summed E-state index contributed by atoms with van der Waals surface area (Å²) in [5.41, 5.74) is 1.71. The van der Waals surface area contributed by atoms with Gasteiger partial charge >= 0.3 is 0 Å². The van der Waals surface area contributed by atoms with Gasteiger partial charge in [-0.15, -0.1) is 11.3 Å². The number of hydrogen-bond donors (Lipinski definition) is 1. The molecular weight excluding hydrogens is 467 g/mol. The van der Waals surface area contributed by atoms with Gasteiger partial charge in [0, 0.05) is 35.1 Å². The van der Waals surface area contributed by atoms with Crippen LogP contribution in [0.5, 0.6) is 0 Å². The molecule has 4 rings (SSSR count).